The maximum absolute atomic E-state index is 13.4. The van der Waals surface area contributed by atoms with Crippen molar-refractivity contribution in [3.63, 3.8) is 0 Å². The second kappa shape index (κ2) is 7.56. The van der Waals surface area contributed by atoms with Gasteiger partial charge in [-0.15, -0.1) is 0 Å². The highest BCUT2D eigenvalue weighted by Gasteiger charge is 2.55. The van der Waals surface area contributed by atoms with Crippen molar-refractivity contribution in [3.8, 4) is 0 Å². The van der Waals surface area contributed by atoms with Gasteiger partial charge in [0.25, 0.3) is 0 Å². The number of amides is 3. The molecule has 3 aliphatic rings. The molecule has 1 spiro atoms. The van der Waals surface area contributed by atoms with Crippen LogP contribution in [-0.2, 0) is 10.3 Å². The van der Waals surface area contributed by atoms with E-state index in [4.69, 9.17) is 5.73 Å². The van der Waals surface area contributed by atoms with Crippen LogP contribution in [0, 0.1) is 11.3 Å². The molecule has 3 fully saturated rings. The molecule has 0 atom stereocenters. The Hall–Kier alpha value is -2.08. The first-order valence-electron chi connectivity index (χ1n) is 11.3. The molecule has 1 heterocycles. The van der Waals surface area contributed by atoms with Gasteiger partial charge in [0, 0.05) is 25.2 Å². The van der Waals surface area contributed by atoms with E-state index in [1.165, 1.54) is 18.4 Å². The van der Waals surface area contributed by atoms with Gasteiger partial charge < -0.3 is 20.9 Å². The summed E-state index contributed by atoms with van der Waals surface area (Å²) in [7, 11) is 2.05. The first-order valence-corrected chi connectivity index (χ1v) is 11.3. The lowest BCUT2D eigenvalue weighted by Gasteiger charge is -2.48. The van der Waals surface area contributed by atoms with Gasteiger partial charge in [-0.1, -0.05) is 30.3 Å². The van der Waals surface area contributed by atoms with Crippen molar-refractivity contribution in [2.24, 2.45) is 17.1 Å². The molecule has 1 saturated heterocycles. The summed E-state index contributed by atoms with van der Waals surface area (Å²) in [5.41, 5.74) is 6.03. The standard InChI is InChI=1S/C24H36N4O2/c1-22(2,20(25)29)16-27-17-23(28(21(27)30)15-18-9-10-18)11-13-24(26-3,14-12-23)19-7-5-4-6-8-19/h4-8,18,26H,9-17H2,1-3H3,(H2,25,29)/t23-,24+. The molecule has 3 amide bonds. The molecule has 0 aromatic heterocycles. The van der Waals surface area contributed by atoms with Crippen LogP contribution in [0.1, 0.15) is 57.9 Å². The zero-order valence-corrected chi connectivity index (χ0v) is 18.6. The average Bonchev–Trinajstić information content (AvgIpc) is 3.52. The lowest BCUT2D eigenvalue weighted by molar-refractivity contribution is -0.126. The molecule has 1 aromatic carbocycles. The van der Waals surface area contributed by atoms with E-state index in [0.717, 1.165) is 32.2 Å². The normalized spacial score (nSPS) is 29.6. The van der Waals surface area contributed by atoms with Crippen LogP contribution < -0.4 is 11.1 Å². The summed E-state index contributed by atoms with van der Waals surface area (Å²) in [4.78, 5) is 29.4. The third-order valence-electron chi connectivity index (χ3n) is 7.79. The van der Waals surface area contributed by atoms with Crippen molar-refractivity contribution in [2.75, 3.05) is 26.7 Å². The summed E-state index contributed by atoms with van der Waals surface area (Å²) in [5, 5.41) is 3.61. The molecule has 164 valence electrons. The van der Waals surface area contributed by atoms with Gasteiger partial charge in [-0.3, -0.25) is 4.79 Å². The van der Waals surface area contributed by atoms with E-state index in [1.54, 1.807) is 0 Å². The SMILES string of the molecule is CN[C@]1(c2ccccc2)CC[C@]2(CC1)CN(CC(C)(C)C(N)=O)C(=O)N2CC1CC1. The maximum atomic E-state index is 13.4. The van der Waals surface area contributed by atoms with Crippen LogP contribution in [0.2, 0.25) is 0 Å². The van der Waals surface area contributed by atoms with E-state index in [9.17, 15) is 9.59 Å². The summed E-state index contributed by atoms with van der Waals surface area (Å²) in [6.45, 7) is 5.61. The molecule has 4 rings (SSSR count). The van der Waals surface area contributed by atoms with Crippen LogP contribution >= 0.6 is 0 Å². The molecule has 2 saturated carbocycles. The first-order chi connectivity index (χ1) is 14.2. The van der Waals surface area contributed by atoms with E-state index in [-0.39, 0.29) is 23.0 Å². The van der Waals surface area contributed by atoms with Crippen LogP contribution in [0.3, 0.4) is 0 Å². The molecule has 1 aliphatic heterocycles. The zero-order valence-electron chi connectivity index (χ0n) is 18.6. The van der Waals surface area contributed by atoms with E-state index in [1.807, 2.05) is 18.7 Å². The Labute approximate surface area is 180 Å². The van der Waals surface area contributed by atoms with Crippen molar-refractivity contribution in [1.82, 2.24) is 15.1 Å². The topological polar surface area (TPSA) is 78.7 Å². The third-order valence-corrected chi connectivity index (χ3v) is 7.79. The smallest absolute Gasteiger partial charge is 0.320 e. The summed E-state index contributed by atoms with van der Waals surface area (Å²) < 4.78 is 0. The summed E-state index contributed by atoms with van der Waals surface area (Å²) in [6.07, 6.45) is 6.36. The Morgan fingerprint density at radius 1 is 1.17 bits per heavy atom. The number of primary amides is 1. The number of nitrogens with zero attached hydrogens (tertiary/aromatic N) is 2. The quantitative estimate of drug-likeness (QED) is 0.722. The van der Waals surface area contributed by atoms with Crippen molar-refractivity contribution in [1.29, 1.82) is 0 Å². The number of nitrogens with two attached hydrogens (primary N) is 1. The highest BCUT2D eigenvalue weighted by Crippen LogP contribution is 2.48. The number of hydrogen-bond acceptors (Lipinski definition) is 3. The van der Waals surface area contributed by atoms with Crippen LogP contribution in [0.15, 0.2) is 30.3 Å². The largest absolute Gasteiger partial charge is 0.369 e. The minimum atomic E-state index is -0.722. The number of carbonyl (C=O) groups is 2. The van der Waals surface area contributed by atoms with E-state index in [0.29, 0.717) is 19.0 Å². The highest BCUT2D eigenvalue weighted by molar-refractivity contribution is 5.83. The van der Waals surface area contributed by atoms with Gasteiger partial charge in [-0.2, -0.15) is 0 Å². The number of hydrogen-bond donors (Lipinski definition) is 2. The zero-order chi connectivity index (χ0) is 21.6. The van der Waals surface area contributed by atoms with Crippen molar-refractivity contribution in [2.45, 2.75) is 63.5 Å². The second-order valence-electron chi connectivity index (χ2n) is 10.4. The fourth-order valence-corrected chi connectivity index (χ4v) is 5.40. The lowest BCUT2D eigenvalue weighted by Crippen LogP contribution is -2.55. The fraction of sp³-hybridized carbons (Fsp3) is 0.667. The molecule has 1 aromatic rings. The van der Waals surface area contributed by atoms with E-state index >= 15 is 0 Å². The van der Waals surface area contributed by atoms with Crippen molar-refractivity contribution >= 4 is 11.9 Å². The molecule has 0 bridgehead atoms. The van der Waals surface area contributed by atoms with Gasteiger partial charge in [0.05, 0.1) is 11.0 Å². The predicted molar refractivity (Wildman–Crippen MR) is 118 cm³/mol. The van der Waals surface area contributed by atoms with Crippen molar-refractivity contribution < 1.29 is 9.59 Å². The summed E-state index contributed by atoms with van der Waals surface area (Å²) >= 11 is 0. The maximum Gasteiger partial charge on any atom is 0.320 e. The molecule has 30 heavy (non-hydrogen) atoms. The number of urea groups is 1. The molecule has 0 radical (unpaired) electrons. The fourth-order valence-electron chi connectivity index (χ4n) is 5.40. The number of carbonyl (C=O) groups excluding carboxylic acids is 2. The van der Waals surface area contributed by atoms with Crippen LogP contribution in [-0.4, -0.2) is 54.0 Å². The highest BCUT2D eigenvalue weighted by atomic mass is 16.2. The molecule has 0 unspecified atom stereocenters. The Balaban J connectivity index is 1.57. The predicted octanol–water partition coefficient (Wildman–Crippen LogP) is 3.07. The Kier molecular flexibility index (Phi) is 5.33. The van der Waals surface area contributed by atoms with Crippen LogP contribution in [0.25, 0.3) is 0 Å². The molecule has 2 aliphatic carbocycles. The van der Waals surface area contributed by atoms with Gasteiger partial charge in [0.15, 0.2) is 0 Å². The van der Waals surface area contributed by atoms with Crippen molar-refractivity contribution in [3.05, 3.63) is 35.9 Å². The minimum Gasteiger partial charge on any atom is -0.369 e. The molecular weight excluding hydrogens is 376 g/mol. The summed E-state index contributed by atoms with van der Waals surface area (Å²) in [5.74, 6) is 0.284. The van der Waals surface area contributed by atoms with Gasteiger partial charge in [0.1, 0.15) is 0 Å². The first kappa shape index (κ1) is 21.2. The molecule has 6 heteroatoms. The molecule has 6 nitrogen and oxygen atoms in total. The van der Waals surface area contributed by atoms with E-state index in [2.05, 4.69) is 47.6 Å². The van der Waals surface area contributed by atoms with Gasteiger partial charge in [-0.05, 0) is 70.9 Å². The molecule has 3 N–H and O–H groups in total. The van der Waals surface area contributed by atoms with Gasteiger partial charge >= 0.3 is 6.03 Å². The third kappa shape index (κ3) is 3.70. The Morgan fingerprint density at radius 3 is 2.33 bits per heavy atom. The Bertz CT molecular complexity index is 795. The minimum absolute atomic E-state index is 0.0409. The summed E-state index contributed by atoms with van der Waals surface area (Å²) in [6, 6.07) is 10.8. The lowest BCUT2D eigenvalue weighted by atomic mass is 9.69. The monoisotopic (exact) mass is 412 g/mol. The van der Waals surface area contributed by atoms with Gasteiger partial charge in [-0.25, -0.2) is 4.79 Å². The molecular formula is C24H36N4O2. The second-order valence-corrected chi connectivity index (χ2v) is 10.4. The number of benzene rings is 1. The number of rotatable bonds is 7. The van der Waals surface area contributed by atoms with Crippen LogP contribution in [0.4, 0.5) is 4.79 Å². The average molecular weight is 413 g/mol. The van der Waals surface area contributed by atoms with E-state index < -0.39 is 5.41 Å². The van der Waals surface area contributed by atoms with Crippen LogP contribution in [0.5, 0.6) is 0 Å². The van der Waals surface area contributed by atoms with Gasteiger partial charge in [0.2, 0.25) is 5.91 Å². The number of nitrogens with one attached hydrogen (secondary N) is 1. The Morgan fingerprint density at radius 2 is 1.80 bits per heavy atom.